The Kier molecular flexibility index (Phi) is 9.15. The van der Waals surface area contributed by atoms with Crippen LogP contribution in [0.3, 0.4) is 0 Å². The van der Waals surface area contributed by atoms with Crippen molar-refractivity contribution in [2.75, 3.05) is 38.6 Å². The number of likely N-dealkylation sites (N-methyl/N-ethyl adjacent to an activating group) is 1. The maximum Gasteiger partial charge on any atom is 0.335 e. The van der Waals surface area contributed by atoms with Crippen LogP contribution >= 0.6 is 11.6 Å². The molecule has 0 radical (unpaired) electrons. The van der Waals surface area contributed by atoms with Crippen molar-refractivity contribution in [3.05, 3.63) is 106 Å². The van der Waals surface area contributed by atoms with Crippen LogP contribution in [-0.2, 0) is 22.4 Å². The third-order valence-corrected chi connectivity index (χ3v) is 9.19. The quantitative estimate of drug-likeness (QED) is 0.263. The van der Waals surface area contributed by atoms with E-state index >= 15 is 4.39 Å². The summed E-state index contributed by atoms with van der Waals surface area (Å²) in [7, 11) is 4.15. The van der Waals surface area contributed by atoms with E-state index in [1.54, 1.807) is 18.2 Å². The SMILES string of the molecule is CN(C)[C@@H]1CCN(c2cccc3c2CCN(C(=O)/C=C/c2c(-n4cnnn4)ccc(Cl)c2F)[C@@H]3C(=O)Cc2ccc(C(=O)O)cc2)C1. The van der Waals surface area contributed by atoms with Crippen molar-refractivity contribution in [3.63, 3.8) is 0 Å². The first kappa shape index (κ1) is 32.0. The molecule has 1 saturated heterocycles. The Balaban J connectivity index is 1.35. The van der Waals surface area contributed by atoms with Crippen molar-refractivity contribution in [2.45, 2.75) is 31.3 Å². The molecule has 0 aliphatic carbocycles. The van der Waals surface area contributed by atoms with Crippen molar-refractivity contribution in [1.82, 2.24) is 30.0 Å². The molecular weight excluding hydrogens is 625 g/mol. The van der Waals surface area contributed by atoms with E-state index in [0.29, 0.717) is 18.0 Å². The van der Waals surface area contributed by atoms with Crippen LogP contribution in [0.25, 0.3) is 11.8 Å². The van der Waals surface area contributed by atoms with E-state index in [1.165, 1.54) is 46.3 Å². The number of Topliss-reactive ketones (excluding diaryl/α,β-unsaturated/α-hetero) is 1. The minimum atomic E-state index is -1.06. The number of fused-ring (bicyclic) bond motifs is 1. The van der Waals surface area contributed by atoms with Crippen LogP contribution < -0.4 is 4.90 Å². The zero-order valence-corrected chi connectivity index (χ0v) is 26.6. The first-order valence-corrected chi connectivity index (χ1v) is 15.6. The van der Waals surface area contributed by atoms with E-state index in [0.717, 1.165) is 36.3 Å². The minimum absolute atomic E-state index is 0.0134. The Hall–Kier alpha value is -4.94. The maximum absolute atomic E-state index is 15.3. The van der Waals surface area contributed by atoms with Gasteiger partial charge in [-0.2, -0.15) is 4.68 Å². The number of nitrogens with zero attached hydrogens (tertiary/aromatic N) is 7. The third-order valence-electron chi connectivity index (χ3n) is 8.90. The molecular formula is C34H33ClFN7O4. The Morgan fingerprint density at radius 1 is 1.06 bits per heavy atom. The summed E-state index contributed by atoms with van der Waals surface area (Å²) in [6.07, 6.45) is 5.41. The van der Waals surface area contributed by atoms with Gasteiger partial charge in [0.2, 0.25) is 5.91 Å². The number of carboxylic acids is 1. The number of hydrogen-bond donors (Lipinski definition) is 1. The predicted molar refractivity (Wildman–Crippen MR) is 174 cm³/mol. The highest BCUT2D eigenvalue weighted by atomic mass is 35.5. The van der Waals surface area contributed by atoms with Gasteiger partial charge in [0, 0.05) is 49.4 Å². The highest BCUT2D eigenvalue weighted by Crippen LogP contribution is 2.38. The van der Waals surface area contributed by atoms with Crippen LogP contribution in [0, 0.1) is 5.82 Å². The van der Waals surface area contributed by atoms with E-state index in [9.17, 15) is 19.5 Å². The van der Waals surface area contributed by atoms with Gasteiger partial charge in [0.05, 0.1) is 16.3 Å². The second-order valence-corrected chi connectivity index (χ2v) is 12.3. The number of anilines is 1. The lowest BCUT2D eigenvalue weighted by atomic mass is 9.86. The Bertz CT molecular complexity index is 1850. The minimum Gasteiger partial charge on any atom is -0.478 e. The first-order valence-electron chi connectivity index (χ1n) is 15.2. The molecule has 1 N–H and O–H groups in total. The summed E-state index contributed by atoms with van der Waals surface area (Å²) in [6, 6.07) is 14.5. The zero-order chi connectivity index (χ0) is 33.2. The fraction of sp³-hybridized carbons (Fsp3) is 0.294. The van der Waals surface area contributed by atoms with Gasteiger partial charge in [-0.05, 0) is 90.5 Å². The Morgan fingerprint density at radius 3 is 2.53 bits per heavy atom. The molecule has 3 aromatic carbocycles. The fourth-order valence-electron chi connectivity index (χ4n) is 6.41. The molecule has 2 atom stereocenters. The molecule has 1 fully saturated rings. The van der Waals surface area contributed by atoms with Crippen molar-refractivity contribution in [3.8, 4) is 5.69 Å². The molecule has 242 valence electrons. The average Bonchev–Trinajstić information content (AvgIpc) is 3.78. The highest BCUT2D eigenvalue weighted by Gasteiger charge is 2.37. The maximum atomic E-state index is 15.3. The van der Waals surface area contributed by atoms with Gasteiger partial charge in [0.15, 0.2) is 11.6 Å². The number of rotatable bonds is 9. The monoisotopic (exact) mass is 657 g/mol. The predicted octanol–water partition coefficient (Wildman–Crippen LogP) is 4.24. The second kappa shape index (κ2) is 13.4. The van der Waals surface area contributed by atoms with Crippen molar-refractivity contribution >= 4 is 41.0 Å². The summed E-state index contributed by atoms with van der Waals surface area (Å²) >= 11 is 6.08. The topological polar surface area (TPSA) is 125 Å². The van der Waals surface area contributed by atoms with Crippen LogP contribution in [0.1, 0.15) is 45.1 Å². The highest BCUT2D eigenvalue weighted by molar-refractivity contribution is 6.31. The molecule has 0 saturated carbocycles. The zero-order valence-electron chi connectivity index (χ0n) is 25.9. The van der Waals surface area contributed by atoms with Gasteiger partial charge in [-0.15, -0.1) is 5.10 Å². The van der Waals surface area contributed by atoms with Crippen LogP contribution in [0.15, 0.2) is 67.0 Å². The number of carbonyl (C=O) groups is 3. The summed E-state index contributed by atoms with van der Waals surface area (Å²) in [5.41, 5.74) is 3.89. The summed E-state index contributed by atoms with van der Waals surface area (Å²) < 4.78 is 16.5. The number of tetrazole rings is 1. The Labute approximate surface area is 275 Å². The molecule has 1 amide bonds. The molecule has 0 spiro atoms. The van der Waals surface area contributed by atoms with E-state index in [-0.39, 0.29) is 40.6 Å². The molecule has 1 aromatic heterocycles. The normalized spacial score (nSPS) is 17.8. The molecule has 13 heteroatoms. The lowest BCUT2D eigenvalue weighted by Gasteiger charge is -2.38. The number of carbonyl (C=O) groups excluding carboxylic acids is 2. The second-order valence-electron chi connectivity index (χ2n) is 11.9. The molecule has 2 aliphatic heterocycles. The van der Waals surface area contributed by atoms with Gasteiger partial charge in [0.25, 0.3) is 0 Å². The van der Waals surface area contributed by atoms with Crippen LogP contribution in [0.2, 0.25) is 5.02 Å². The van der Waals surface area contributed by atoms with Crippen LogP contribution in [-0.4, -0.2) is 92.5 Å². The fourth-order valence-corrected chi connectivity index (χ4v) is 6.58. The third kappa shape index (κ3) is 6.51. The van der Waals surface area contributed by atoms with Gasteiger partial charge in [-0.1, -0.05) is 35.9 Å². The van der Waals surface area contributed by atoms with Gasteiger partial charge in [-0.3, -0.25) is 9.59 Å². The molecule has 2 aliphatic rings. The van der Waals surface area contributed by atoms with Gasteiger partial charge in [-0.25, -0.2) is 9.18 Å². The Morgan fingerprint density at radius 2 is 1.85 bits per heavy atom. The first-order chi connectivity index (χ1) is 22.6. The number of ketones is 1. The lowest BCUT2D eigenvalue weighted by molar-refractivity contribution is -0.136. The molecule has 11 nitrogen and oxygen atoms in total. The molecule has 0 bridgehead atoms. The molecule has 0 unspecified atom stereocenters. The van der Waals surface area contributed by atoms with Gasteiger partial charge in [0.1, 0.15) is 12.4 Å². The van der Waals surface area contributed by atoms with Crippen LogP contribution in [0.5, 0.6) is 0 Å². The van der Waals surface area contributed by atoms with E-state index in [4.69, 9.17) is 11.6 Å². The van der Waals surface area contributed by atoms with Crippen LogP contribution in [0.4, 0.5) is 10.1 Å². The van der Waals surface area contributed by atoms with Crippen molar-refractivity contribution in [1.29, 1.82) is 0 Å². The number of halogens is 2. The van der Waals surface area contributed by atoms with Gasteiger partial charge < -0.3 is 19.8 Å². The summed E-state index contributed by atoms with van der Waals surface area (Å²) in [6.45, 7) is 2.01. The molecule has 4 aromatic rings. The molecule has 3 heterocycles. The smallest absolute Gasteiger partial charge is 0.335 e. The van der Waals surface area contributed by atoms with Crippen molar-refractivity contribution in [2.24, 2.45) is 0 Å². The number of benzene rings is 3. The number of aromatic nitrogens is 4. The number of amides is 1. The van der Waals surface area contributed by atoms with E-state index in [2.05, 4.69) is 45.5 Å². The number of hydrogen-bond acceptors (Lipinski definition) is 8. The van der Waals surface area contributed by atoms with Crippen molar-refractivity contribution < 1.29 is 23.9 Å². The van der Waals surface area contributed by atoms with E-state index in [1.807, 2.05) is 12.1 Å². The number of carboxylic acid groups (broad SMARTS) is 1. The largest absolute Gasteiger partial charge is 0.478 e. The summed E-state index contributed by atoms with van der Waals surface area (Å²) in [5.74, 6) is -2.49. The average molecular weight is 658 g/mol. The standard InChI is InChI=1S/C34H33ClFN7O4/c1-40(2)23-14-16-41(19-23)28-5-3-4-25-24(28)15-17-42(33(25)30(44)18-21-6-8-22(9-7-21)34(46)47)31(45)13-10-26-29(43-20-37-38-39-43)12-11-27(35)32(26)36/h3-13,20,23,33H,14-19H2,1-2H3,(H,46,47)/b13-10+/t23-,33+/m1/s1. The summed E-state index contributed by atoms with van der Waals surface area (Å²) in [4.78, 5) is 45.5. The molecule has 6 rings (SSSR count). The molecule has 47 heavy (non-hydrogen) atoms. The van der Waals surface area contributed by atoms with Gasteiger partial charge >= 0.3 is 5.97 Å². The summed E-state index contributed by atoms with van der Waals surface area (Å²) in [5, 5.41) is 20.2. The lowest BCUT2D eigenvalue weighted by Crippen LogP contribution is -2.44. The van der Waals surface area contributed by atoms with E-state index < -0.39 is 23.7 Å². The number of aromatic carboxylic acids is 1.